The van der Waals surface area contributed by atoms with Gasteiger partial charge in [-0.25, -0.2) is 4.98 Å². The lowest BCUT2D eigenvalue weighted by Gasteiger charge is -2.21. The highest BCUT2D eigenvalue weighted by molar-refractivity contribution is 5.76. The van der Waals surface area contributed by atoms with Gasteiger partial charge in [-0.15, -0.1) is 0 Å². The summed E-state index contributed by atoms with van der Waals surface area (Å²) in [6, 6.07) is 0. The van der Waals surface area contributed by atoms with Crippen LogP contribution in [0.4, 0.5) is 0 Å². The minimum atomic E-state index is 0.126. The Hall–Kier alpha value is -1.36. The molecule has 17 heavy (non-hydrogen) atoms. The smallest absolute Gasteiger partial charge is 0.220 e. The predicted octanol–water partition coefficient (Wildman–Crippen LogP) is 0.816. The van der Waals surface area contributed by atoms with Crippen LogP contribution in [-0.4, -0.2) is 35.2 Å². The third-order valence-electron chi connectivity index (χ3n) is 2.98. The molecular formula is C12H19N3O2. The zero-order valence-corrected chi connectivity index (χ0v) is 9.97. The van der Waals surface area contributed by atoms with E-state index in [1.54, 1.807) is 12.5 Å². The average molecular weight is 237 g/mol. The fourth-order valence-electron chi connectivity index (χ4n) is 2.05. The van der Waals surface area contributed by atoms with Crippen molar-refractivity contribution < 1.29 is 9.53 Å². The summed E-state index contributed by atoms with van der Waals surface area (Å²) in [5.41, 5.74) is 0. The number of nitrogens with one attached hydrogen (secondary N) is 1. The second-order valence-electron chi connectivity index (χ2n) is 4.44. The monoisotopic (exact) mass is 237 g/mol. The molecule has 1 saturated heterocycles. The van der Waals surface area contributed by atoms with Gasteiger partial charge in [-0.1, -0.05) is 0 Å². The van der Waals surface area contributed by atoms with Crippen LogP contribution >= 0.6 is 0 Å². The molecule has 0 aromatic carbocycles. The van der Waals surface area contributed by atoms with Crippen LogP contribution < -0.4 is 5.32 Å². The standard InChI is InChI=1S/C12H19N3O2/c16-12(8-11-2-1-7-17-9-11)14-4-6-15-5-3-13-10-15/h3,5,10-11H,1-2,4,6-9H2,(H,14,16)/t11-/m1/s1. The zero-order valence-electron chi connectivity index (χ0n) is 9.97. The largest absolute Gasteiger partial charge is 0.381 e. The Balaban J connectivity index is 1.60. The minimum Gasteiger partial charge on any atom is -0.381 e. The van der Waals surface area contributed by atoms with Crippen LogP contribution in [0.2, 0.25) is 0 Å². The normalized spacial score (nSPS) is 20.1. The number of imidazole rings is 1. The summed E-state index contributed by atoms with van der Waals surface area (Å²) in [7, 11) is 0. The van der Waals surface area contributed by atoms with Crippen molar-refractivity contribution in [1.29, 1.82) is 0 Å². The van der Waals surface area contributed by atoms with Crippen LogP contribution in [0.5, 0.6) is 0 Å². The molecule has 2 rings (SSSR count). The van der Waals surface area contributed by atoms with E-state index >= 15 is 0 Å². The van der Waals surface area contributed by atoms with Crippen molar-refractivity contribution in [2.24, 2.45) is 5.92 Å². The first-order valence-corrected chi connectivity index (χ1v) is 6.15. The molecule has 1 aromatic rings. The molecule has 1 aliphatic rings. The maximum absolute atomic E-state index is 11.6. The van der Waals surface area contributed by atoms with Crippen molar-refractivity contribution >= 4 is 5.91 Å². The molecule has 0 radical (unpaired) electrons. The maximum Gasteiger partial charge on any atom is 0.220 e. The van der Waals surface area contributed by atoms with E-state index in [4.69, 9.17) is 4.74 Å². The molecule has 94 valence electrons. The van der Waals surface area contributed by atoms with Gasteiger partial charge in [0, 0.05) is 45.1 Å². The van der Waals surface area contributed by atoms with Gasteiger partial charge < -0.3 is 14.6 Å². The summed E-state index contributed by atoms with van der Waals surface area (Å²) in [4.78, 5) is 15.6. The number of aromatic nitrogens is 2. The van der Waals surface area contributed by atoms with Gasteiger partial charge in [-0.3, -0.25) is 4.79 Å². The first kappa shape index (κ1) is 12.1. The lowest BCUT2D eigenvalue weighted by Crippen LogP contribution is -2.30. The highest BCUT2D eigenvalue weighted by Crippen LogP contribution is 2.16. The van der Waals surface area contributed by atoms with E-state index in [9.17, 15) is 4.79 Å². The van der Waals surface area contributed by atoms with Crippen LogP contribution in [0.15, 0.2) is 18.7 Å². The Kier molecular flexibility index (Phi) is 4.55. The third-order valence-corrected chi connectivity index (χ3v) is 2.98. The Morgan fingerprint density at radius 3 is 3.24 bits per heavy atom. The van der Waals surface area contributed by atoms with Crippen molar-refractivity contribution in [2.75, 3.05) is 19.8 Å². The quantitative estimate of drug-likeness (QED) is 0.824. The summed E-state index contributed by atoms with van der Waals surface area (Å²) >= 11 is 0. The van der Waals surface area contributed by atoms with Crippen molar-refractivity contribution in [3.05, 3.63) is 18.7 Å². The number of rotatable bonds is 5. The van der Waals surface area contributed by atoms with Crippen molar-refractivity contribution in [3.8, 4) is 0 Å². The molecule has 1 aliphatic heterocycles. The fourth-order valence-corrected chi connectivity index (χ4v) is 2.05. The minimum absolute atomic E-state index is 0.126. The lowest BCUT2D eigenvalue weighted by atomic mass is 9.98. The number of nitrogens with zero attached hydrogens (tertiary/aromatic N) is 2. The predicted molar refractivity (Wildman–Crippen MR) is 63.4 cm³/mol. The topological polar surface area (TPSA) is 56.1 Å². The molecule has 0 spiro atoms. The number of hydrogen-bond donors (Lipinski definition) is 1. The molecule has 1 amide bonds. The van der Waals surface area contributed by atoms with Gasteiger partial charge in [-0.2, -0.15) is 0 Å². The molecule has 1 aromatic heterocycles. The summed E-state index contributed by atoms with van der Waals surface area (Å²) in [6.07, 6.45) is 8.15. The number of carbonyl (C=O) groups excluding carboxylic acids is 1. The second-order valence-corrected chi connectivity index (χ2v) is 4.44. The average Bonchev–Trinajstić information content (AvgIpc) is 2.83. The molecule has 0 unspecified atom stereocenters. The molecule has 2 heterocycles. The van der Waals surface area contributed by atoms with E-state index in [-0.39, 0.29) is 5.91 Å². The summed E-state index contributed by atoms with van der Waals surface area (Å²) in [5.74, 6) is 0.526. The van der Waals surface area contributed by atoms with Gasteiger partial charge in [-0.05, 0) is 18.8 Å². The molecule has 1 fully saturated rings. The van der Waals surface area contributed by atoms with E-state index < -0.39 is 0 Å². The number of amides is 1. The molecule has 5 nitrogen and oxygen atoms in total. The second kappa shape index (κ2) is 6.39. The first-order chi connectivity index (χ1) is 8.34. The molecule has 0 saturated carbocycles. The number of hydrogen-bond acceptors (Lipinski definition) is 3. The van der Waals surface area contributed by atoms with E-state index in [1.807, 2.05) is 10.8 Å². The maximum atomic E-state index is 11.6. The first-order valence-electron chi connectivity index (χ1n) is 6.15. The van der Waals surface area contributed by atoms with Gasteiger partial charge in [0.15, 0.2) is 0 Å². The highest BCUT2D eigenvalue weighted by atomic mass is 16.5. The van der Waals surface area contributed by atoms with E-state index in [2.05, 4.69) is 10.3 Å². The van der Waals surface area contributed by atoms with E-state index in [1.165, 1.54) is 0 Å². The molecule has 1 atom stereocenters. The summed E-state index contributed by atoms with van der Waals surface area (Å²) in [6.45, 7) is 3.00. The Morgan fingerprint density at radius 1 is 1.59 bits per heavy atom. The Morgan fingerprint density at radius 2 is 2.53 bits per heavy atom. The molecule has 1 N–H and O–H groups in total. The SMILES string of the molecule is O=C(C[C@H]1CCCOC1)NCCn1ccnc1. The van der Waals surface area contributed by atoms with Gasteiger partial charge >= 0.3 is 0 Å². The van der Waals surface area contributed by atoms with Gasteiger partial charge in [0.2, 0.25) is 5.91 Å². The molecule has 0 bridgehead atoms. The van der Waals surface area contributed by atoms with Crippen LogP contribution in [0, 0.1) is 5.92 Å². The fraction of sp³-hybridized carbons (Fsp3) is 0.667. The molecule has 5 heteroatoms. The van der Waals surface area contributed by atoms with Gasteiger partial charge in [0.1, 0.15) is 0 Å². The Bertz CT molecular complexity index is 332. The molecular weight excluding hydrogens is 218 g/mol. The van der Waals surface area contributed by atoms with Gasteiger partial charge in [0.05, 0.1) is 6.33 Å². The van der Waals surface area contributed by atoms with Crippen LogP contribution in [0.1, 0.15) is 19.3 Å². The van der Waals surface area contributed by atoms with Crippen molar-refractivity contribution in [1.82, 2.24) is 14.9 Å². The number of ether oxygens (including phenoxy) is 1. The lowest BCUT2D eigenvalue weighted by molar-refractivity contribution is -0.123. The van der Waals surface area contributed by atoms with Gasteiger partial charge in [0.25, 0.3) is 0 Å². The van der Waals surface area contributed by atoms with Crippen LogP contribution in [0.3, 0.4) is 0 Å². The van der Waals surface area contributed by atoms with Crippen LogP contribution in [-0.2, 0) is 16.1 Å². The zero-order chi connectivity index (χ0) is 11.9. The van der Waals surface area contributed by atoms with Crippen LogP contribution in [0.25, 0.3) is 0 Å². The van der Waals surface area contributed by atoms with Crippen molar-refractivity contribution in [2.45, 2.75) is 25.8 Å². The Labute approximate surface area is 101 Å². The third kappa shape index (κ3) is 4.19. The van der Waals surface area contributed by atoms with E-state index in [0.717, 1.165) is 32.6 Å². The highest BCUT2D eigenvalue weighted by Gasteiger charge is 2.17. The summed E-state index contributed by atoms with van der Waals surface area (Å²) < 4.78 is 7.30. The molecule has 0 aliphatic carbocycles. The van der Waals surface area contributed by atoms with E-state index in [0.29, 0.717) is 18.9 Å². The summed E-state index contributed by atoms with van der Waals surface area (Å²) in [5, 5.41) is 2.93. The number of carbonyl (C=O) groups is 1. The van der Waals surface area contributed by atoms with Crippen molar-refractivity contribution in [3.63, 3.8) is 0 Å².